The molecule has 1 atom stereocenters. The van der Waals surface area contributed by atoms with Crippen LogP contribution in [-0.4, -0.2) is 21.5 Å². The summed E-state index contributed by atoms with van der Waals surface area (Å²) >= 11 is 3.61. The van der Waals surface area contributed by atoms with Crippen LogP contribution in [0.4, 0.5) is 0 Å². The van der Waals surface area contributed by atoms with Gasteiger partial charge in [0.2, 0.25) is 0 Å². The molecule has 0 radical (unpaired) electrons. The molecule has 1 aliphatic carbocycles. The van der Waals surface area contributed by atoms with Gasteiger partial charge in [-0.1, -0.05) is 19.9 Å². The van der Waals surface area contributed by atoms with E-state index < -0.39 is 0 Å². The second-order valence-corrected chi connectivity index (χ2v) is 8.44. The van der Waals surface area contributed by atoms with Crippen LogP contribution in [0, 0.1) is 5.41 Å². The van der Waals surface area contributed by atoms with Gasteiger partial charge in [0.25, 0.3) is 0 Å². The molecule has 0 spiro atoms. The lowest BCUT2D eigenvalue weighted by molar-refractivity contribution is 0.0901. The predicted molar refractivity (Wildman–Crippen MR) is 95.9 cm³/mol. The minimum absolute atomic E-state index is 0.0505. The highest BCUT2D eigenvalue weighted by atomic mass is 79.9. The lowest BCUT2D eigenvalue weighted by atomic mass is 9.77. The summed E-state index contributed by atoms with van der Waals surface area (Å²) in [6, 6.07) is 6.48. The molecule has 0 saturated carbocycles. The molecule has 1 aromatic heterocycles. The molecule has 4 rings (SSSR count). The molecule has 2 heterocycles. The molecule has 0 bridgehead atoms. The zero-order chi connectivity index (χ0) is 17.2. The fourth-order valence-corrected chi connectivity index (χ4v) is 4.24. The number of nitrogens with zero attached hydrogens (tertiary/aromatic N) is 2. The number of Topliss-reactive ketones (excluding diaryl/α,β-unsaturated/α-hetero) is 1. The first-order valence-electron chi connectivity index (χ1n) is 8.15. The Balaban J connectivity index is 1.92. The van der Waals surface area contributed by atoms with Crippen molar-refractivity contribution in [2.45, 2.75) is 32.7 Å². The minimum Gasteiger partial charge on any atom is -0.307 e. The van der Waals surface area contributed by atoms with Gasteiger partial charge in [0.15, 0.2) is 5.78 Å². The number of hydrogen-bond acceptors (Lipinski definition) is 3. The van der Waals surface area contributed by atoms with E-state index in [4.69, 9.17) is 0 Å². The van der Waals surface area contributed by atoms with Gasteiger partial charge in [-0.15, -0.1) is 0 Å². The van der Waals surface area contributed by atoms with E-state index in [0.29, 0.717) is 24.6 Å². The van der Waals surface area contributed by atoms with Crippen LogP contribution in [0.1, 0.15) is 48.1 Å². The number of halogens is 1. The maximum Gasteiger partial charge on any atom is 0.333 e. The average molecular weight is 390 g/mol. The Morgan fingerprint density at radius 1 is 1.25 bits per heavy atom. The summed E-state index contributed by atoms with van der Waals surface area (Å²) in [6.45, 7) is 5.15. The molecule has 24 heavy (non-hydrogen) atoms. The summed E-state index contributed by atoms with van der Waals surface area (Å²) in [5.74, 6) is 0.0505. The number of carbonyl (C=O) groups is 1. The van der Waals surface area contributed by atoms with Crippen molar-refractivity contribution in [1.82, 2.24) is 14.5 Å². The highest BCUT2D eigenvalue weighted by Crippen LogP contribution is 2.36. The van der Waals surface area contributed by atoms with Gasteiger partial charge < -0.3 is 5.32 Å². The summed E-state index contributed by atoms with van der Waals surface area (Å²) in [6.07, 6.45) is 1.19. The summed E-state index contributed by atoms with van der Waals surface area (Å²) in [5, 5.41) is 3.28. The van der Waals surface area contributed by atoms with Gasteiger partial charge in [-0.2, -0.15) is 0 Å². The van der Waals surface area contributed by atoms with Crippen molar-refractivity contribution in [3.8, 4) is 5.69 Å². The Hall–Kier alpha value is -1.66. The van der Waals surface area contributed by atoms with Crippen molar-refractivity contribution >= 4 is 21.7 Å². The highest BCUT2D eigenvalue weighted by molar-refractivity contribution is 9.10. The Labute approximate surface area is 148 Å². The Kier molecular flexibility index (Phi) is 3.41. The maximum atomic E-state index is 12.8. The van der Waals surface area contributed by atoms with E-state index in [0.717, 1.165) is 22.4 Å². The molecule has 2 aliphatic rings. The molecule has 1 N–H and O–H groups in total. The maximum absolute atomic E-state index is 12.8. The summed E-state index contributed by atoms with van der Waals surface area (Å²) in [7, 11) is 1.68. The zero-order valence-corrected chi connectivity index (χ0v) is 15.6. The van der Waals surface area contributed by atoms with E-state index >= 15 is 0 Å². The Morgan fingerprint density at radius 2 is 1.96 bits per heavy atom. The van der Waals surface area contributed by atoms with Crippen molar-refractivity contribution in [2.24, 2.45) is 12.5 Å². The number of hydrogen-bond donors (Lipinski definition) is 1. The first-order valence-corrected chi connectivity index (χ1v) is 8.95. The Bertz CT molecular complexity index is 919. The molecular formula is C18H20BrN3O2. The topological polar surface area (TPSA) is 65.9 Å². The SMILES string of the molecule is Cn1c2c(n(-c3ccc([C@H]4CN4)cc3Br)c1=O)CC(C)(C)CC2=O. The van der Waals surface area contributed by atoms with Gasteiger partial charge in [-0.25, -0.2) is 4.79 Å². The summed E-state index contributed by atoms with van der Waals surface area (Å²) in [4.78, 5) is 25.4. The monoisotopic (exact) mass is 389 g/mol. The number of ketones is 1. The zero-order valence-electron chi connectivity index (χ0n) is 14.0. The molecule has 0 unspecified atom stereocenters. The van der Waals surface area contributed by atoms with E-state index in [9.17, 15) is 9.59 Å². The van der Waals surface area contributed by atoms with E-state index in [1.54, 1.807) is 11.6 Å². The van der Waals surface area contributed by atoms with E-state index in [2.05, 4.69) is 41.2 Å². The molecule has 1 aliphatic heterocycles. The molecule has 1 saturated heterocycles. The van der Waals surface area contributed by atoms with Crippen molar-refractivity contribution in [2.75, 3.05) is 6.54 Å². The van der Waals surface area contributed by atoms with Crippen LogP contribution in [0.2, 0.25) is 0 Å². The van der Waals surface area contributed by atoms with Crippen LogP contribution in [0.3, 0.4) is 0 Å². The first-order chi connectivity index (χ1) is 11.3. The van der Waals surface area contributed by atoms with E-state index in [1.807, 2.05) is 12.1 Å². The number of carbonyl (C=O) groups excluding carboxylic acids is 1. The molecule has 0 amide bonds. The van der Waals surface area contributed by atoms with Crippen molar-refractivity contribution < 1.29 is 4.79 Å². The number of rotatable bonds is 2. The fraction of sp³-hybridized carbons (Fsp3) is 0.444. The predicted octanol–water partition coefficient (Wildman–Crippen LogP) is 2.74. The van der Waals surface area contributed by atoms with Gasteiger partial charge in [-0.05, 0) is 45.5 Å². The molecule has 1 fully saturated rings. The first kappa shape index (κ1) is 15.8. The molecule has 5 nitrogen and oxygen atoms in total. The number of nitrogens with one attached hydrogen (secondary N) is 1. The standard InChI is InChI=1S/C18H20BrN3O2/c1-18(2)7-14-16(15(23)8-18)21(3)17(24)22(14)13-5-4-10(6-11(13)19)12-9-20-12/h4-6,12,20H,7-9H2,1-3H3/t12-/m1/s1. The number of aromatic nitrogens is 2. The third kappa shape index (κ3) is 2.40. The highest BCUT2D eigenvalue weighted by Gasteiger charge is 2.37. The molecule has 6 heteroatoms. The van der Waals surface area contributed by atoms with Gasteiger partial charge in [0, 0.05) is 30.5 Å². The van der Waals surface area contributed by atoms with Gasteiger partial charge in [0.1, 0.15) is 5.69 Å². The molecule has 1 aromatic carbocycles. The van der Waals surface area contributed by atoms with Crippen LogP contribution >= 0.6 is 15.9 Å². The second-order valence-electron chi connectivity index (χ2n) is 7.58. The summed E-state index contributed by atoms with van der Waals surface area (Å²) in [5.41, 5.74) is 3.08. The number of imidazole rings is 1. The number of benzene rings is 1. The smallest absolute Gasteiger partial charge is 0.307 e. The Morgan fingerprint density at radius 3 is 2.58 bits per heavy atom. The van der Waals surface area contributed by atoms with Crippen LogP contribution in [0.15, 0.2) is 27.5 Å². The van der Waals surface area contributed by atoms with Gasteiger partial charge in [-0.3, -0.25) is 13.9 Å². The largest absolute Gasteiger partial charge is 0.333 e. The molecule has 126 valence electrons. The van der Waals surface area contributed by atoms with Crippen molar-refractivity contribution in [3.63, 3.8) is 0 Å². The van der Waals surface area contributed by atoms with Crippen molar-refractivity contribution in [3.05, 3.63) is 50.1 Å². The molecular weight excluding hydrogens is 370 g/mol. The van der Waals surface area contributed by atoms with E-state index in [-0.39, 0.29) is 16.9 Å². The molecule has 2 aromatic rings. The third-order valence-electron chi connectivity index (χ3n) is 4.93. The number of fused-ring (bicyclic) bond motifs is 1. The normalized spacial score (nSPS) is 21.7. The average Bonchev–Trinajstić information content (AvgIpc) is 3.28. The summed E-state index contributed by atoms with van der Waals surface area (Å²) < 4.78 is 4.07. The van der Waals surface area contributed by atoms with Crippen LogP contribution in [0.25, 0.3) is 5.69 Å². The second kappa shape index (κ2) is 5.17. The van der Waals surface area contributed by atoms with Gasteiger partial charge >= 0.3 is 5.69 Å². The third-order valence-corrected chi connectivity index (χ3v) is 5.56. The van der Waals surface area contributed by atoms with Gasteiger partial charge in [0.05, 0.1) is 11.4 Å². The van der Waals surface area contributed by atoms with Crippen LogP contribution < -0.4 is 11.0 Å². The van der Waals surface area contributed by atoms with Crippen molar-refractivity contribution in [1.29, 1.82) is 0 Å². The fourth-order valence-electron chi connectivity index (χ4n) is 3.67. The minimum atomic E-state index is -0.163. The lowest BCUT2D eigenvalue weighted by Gasteiger charge is -2.29. The van der Waals surface area contributed by atoms with Crippen LogP contribution in [-0.2, 0) is 13.5 Å². The quantitative estimate of drug-likeness (QED) is 0.802. The van der Waals surface area contributed by atoms with E-state index in [1.165, 1.54) is 10.1 Å². The van der Waals surface area contributed by atoms with Crippen LogP contribution in [0.5, 0.6) is 0 Å². The lowest BCUT2D eigenvalue weighted by Crippen LogP contribution is -2.29.